The van der Waals surface area contributed by atoms with E-state index in [-0.39, 0.29) is 0 Å². The molecule has 2 aromatic rings. The minimum absolute atomic E-state index is 0.421. The van der Waals surface area contributed by atoms with Crippen LogP contribution in [0.3, 0.4) is 0 Å². The summed E-state index contributed by atoms with van der Waals surface area (Å²) in [6, 6.07) is 10.9. The van der Waals surface area contributed by atoms with Crippen molar-refractivity contribution in [1.29, 1.82) is 0 Å². The first kappa shape index (κ1) is 14.5. The van der Waals surface area contributed by atoms with Crippen molar-refractivity contribution in [2.45, 2.75) is 6.61 Å². The third kappa shape index (κ3) is 3.78. The van der Waals surface area contributed by atoms with Gasteiger partial charge in [-0.05, 0) is 51.8 Å². The van der Waals surface area contributed by atoms with Gasteiger partial charge >= 0.3 is 0 Å². The third-order valence-corrected chi connectivity index (χ3v) is 3.65. The Morgan fingerprint density at radius 3 is 2.42 bits per heavy atom. The molecule has 0 aliphatic carbocycles. The molecule has 0 atom stereocenters. The fourth-order valence-electron chi connectivity index (χ4n) is 1.55. The first-order chi connectivity index (χ1) is 9.10. The van der Waals surface area contributed by atoms with Crippen LogP contribution in [0, 0.1) is 0 Å². The lowest BCUT2D eigenvalue weighted by atomic mass is 10.2. The van der Waals surface area contributed by atoms with Crippen molar-refractivity contribution in [3.05, 3.63) is 56.5 Å². The Hall–Kier alpha value is -0.900. The van der Waals surface area contributed by atoms with Crippen molar-refractivity contribution < 1.29 is 9.47 Å². The highest BCUT2D eigenvalue weighted by atomic mass is 79.9. The summed E-state index contributed by atoms with van der Waals surface area (Å²) < 4.78 is 11.7. The molecule has 0 unspecified atom stereocenters. The third-order valence-electron chi connectivity index (χ3n) is 2.50. The number of rotatable bonds is 4. The molecule has 5 heteroatoms. The second kappa shape index (κ2) is 6.51. The summed E-state index contributed by atoms with van der Waals surface area (Å²) in [7, 11) is 1.63. The van der Waals surface area contributed by atoms with Gasteiger partial charge in [0, 0.05) is 5.02 Å². The number of ether oxygens (including phenoxy) is 2. The molecular weight excluding hydrogens is 351 g/mol. The van der Waals surface area contributed by atoms with E-state index in [0.29, 0.717) is 22.4 Å². The van der Waals surface area contributed by atoms with E-state index in [1.54, 1.807) is 25.3 Å². The molecule has 0 spiro atoms. The van der Waals surface area contributed by atoms with E-state index >= 15 is 0 Å². The molecule has 0 aliphatic heterocycles. The lowest BCUT2D eigenvalue weighted by Gasteiger charge is -2.10. The van der Waals surface area contributed by atoms with Crippen LogP contribution in [0.25, 0.3) is 0 Å². The maximum absolute atomic E-state index is 6.04. The van der Waals surface area contributed by atoms with E-state index in [4.69, 9.17) is 32.7 Å². The van der Waals surface area contributed by atoms with Gasteiger partial charge in [-0.2, -0.15) is 0 Å². The minimum Gasteiger partial charge on any atom is -0.496 e. The van der Waals surface area contributed by atoms with Crippen LogP contribution in [0.15, 0.2) is 40.9 Å². The average molecular weight is 362 g/mol. The van der Waals surface area contributed by atoms with Crippen LogP contribution >= 0.6 is 39.1 Å². The molecule has 2 nitrogen and oxygen atoms in total. The predicted molar refractivity (Wildman–Crippen MR) is 81.5 cm³/mol. The largest absolute Gasteiger partial charge is 0.496 e. The lowest BCUT2D eigenvalue weighted by Crippen LogP contribution is -1.96. The molecule has 0 aromatic heterocycles. The SMILES string of the molecule is COc1ccc(COc2ccc(Cl)cc2Cl)cc1Br. The van der Waals surface area contributed by atoms with Crippen molar-refractivity contribution in [1.82, 2.24) is 0 Å². The smallest absolute Gasteiger partial charge is 0.138 e. The van der Waals surface area contributed by atoms with Gasteiger partial charge < -0.3 is 9.47 Å². The Kier molecular flexibility index (Phi) is 4.97. The van der Waals surface area contributed by atoms with Crippen molar-refractivity contribution in [2.75, 3.05) is 7.11 Å². The van der Waals surface area contributed by atoms with Crippen LogP contribution < -0.4 is 9.47 Å². The van der Waals surface area contributed by atoms with Gasteiger partial charge in [-0.15, -0.1) is 0 Å². The number of methoxy groups -OCH3 is 1. The molecule has 100 valence electrons. The zero-order valence-corrected chi connectivity index (χ0v) is 13.2. The quantitative estimate of drug-likeness (QED) is 0.731. The Labute approximate surface area is 130 Å². The highest BCUT2D eigenvalue weighted by Gasteiger charge is 2.05. The Morgan fingerprint density at radius 2 is 1.79 bits per heavy atom. The van der Waals surface area contributed by atoms with Gasteiger partial charge in [0.1, 0.15) is 18.1 Å². The van der Waals surface area contributed by atoms with Gasteiger partial charge in [0.25, 0.3) is 0 Å². The normalized spacial score (nSPS) is 10.3. The van der Waals surface area contributed by atoms with Crippen molar-refractivity contribution in [2.24, 2.45) is 0 Å². The van der Waals surface area contributed by atoms with Crippen LogP contribution in [-0.4, -0.2) is 7.11 Å². The zero-order valence-electron chi connectivity index (χ0n) is 10.1. The van der Waals surface area contributed by atoms with Crippen molar-refractivity contribution in [3.8, 4) is 11.5 Å². The predicted octanol–water partition coefficient (Wildman–Crippen LogP) is 5.34. The van der Waals surface area contributed by atoms with Crippen LogP contribution in [0.1, 0.15) is 5.56 Å². The molecule has 0 heterocycles. The summed E-state index contributed by atoms with van der Waals surface area (Å²) in [5, 5.41) is 1.09. The highest BCUT2D eigenvalue weighted by Crippen LogP contribution is 2.29. The molecular formula is C14H11BrCl2O2. The molecule has 0 aliphatic rings. The van der Waals surface area contributed by atoms with Crippen molar-refractivity contribution >= 4 is 39.1 Å². The zero-order chi connectivity index (χ0) is 13.8. The van der Waals surface area contributed by atoms with E-state index < -0.39 is 0 Å². The molecule has 0 saturated carbocycles. The average Bonchev–Trinajstić information content (AvgIpc) is 2.38. The topological polar surface area (TPSA) is 18.5 Å². The first-order valence-corrected chi connectivity index (χ1v) is 7.05. The molecule has 0 saturated heterocycles. The number of halogens is 3. The first-order valence-electron chi connectivity index (χ1n) is 5.50. The van der Waals surface area contributed by atoms with Gasteiger partial charge in [-0.3, -0.25) is 0 Å². The van der Waals surface area contributed by atoms with Gasteiger partial charge in [0.15, 0.2) is 0 Å². The number of hydrogen-bond donors (Lipinski definition) is 0. The second-order valence-electron chi connectivity index (χ2n) is 3.83. The van der Waals surface area contributed by atoms with Gasteiger partial charge in [-0.1, -0.05) is 29.3 Å². The Bertz CT molecular complexity index is 588. The summed E-state index contributed by atoms with van der Waals surface area (Å²) in [6.07, 6.45) is 0. The summed E-state index contributed by atoms with van der Waals surface area (Å²) in [4.78, 5) is 0. The Balaban J connectivity index is 2.08. The number of hydrogen-bond acceptors (Lipinski definition) is 2. The van der Waals surface area contributed by atoms with Crippen LogP contribution in [0.2, 0.25) is 10.0 Å². The maximum Gasteiger partial charge on any atom is 0.138 e. The standard InChI is InChI=1S/C14H11BrCl2O2/c1-18-13-4-2-9(6-11(13)15)8-19-14-5-3-10(16)7-12(14)17/h2-7H,8H2,1H3. The van der Waals surface area contributed by atoms with Crippen LogP contribution in [0.5, 0.6) is 11.5 Å². The number of benzene rings is 2. The van der Waals surface area contributed by atoms with Crippen LogP contribution in [0.4, 0.5) is 0 Å². The molecule has 19 heavy (non-hydrogen) atoms. The fourth-order valence-corrected chi connectivity index (χ4v) is 2.60. The fraction of sp³-hybridized carbons (Fsp3) is 0.143. The van der Waals surface area contributed by atoms with E-state index in [1.807, 2.05) is 18.2 Å². The monoisotopic (exact) mass is 360 g/mol. The summed E-state index contributed by atoms with van der Waals surface area (Å²) in [6.45, 7) is 0.421. The summed E-state index contributed by atoms with van der Waals surface area (Å²) in [5.41, 5.74) is 1.01. The molecule has 2 aromatic carbocycles. The van der Waals surface area contributed by atoms with E-state index in [2.05, 4.69) is 15.9 Å². The molecule has 2 rings (SSSR count). The Morgan fingerprint density at radius 1 is 1.05 bits per heavy atom. The van der Waals surface area contributed by atoms with E-state index in [1.165, 1.54) is 0 Å². The molecule has 0 amide bonds. The molecule has 0 bridgehead atoms. The molecule has 0 radical (unpaired) electrons. The minimum atomic E-state index is 0.421. The highest BCUT2D eigenvalue weighted by molar-refractivity contribution is 9.10. The molecule has 0 N–H and O–H groups in total. The van der Waals surface area contributed by atoms with E-state index in [9.17, 15) is 0 Å². The lowest BCUT2D eigenvalue weighted by molar-refractivity contribution is 0.306. The van der Waals surface area contributed by atoms with Crippen molar-refractivity contribution in [3.63, 3.8) is 0 Å². The van der Waals surface area contributed by atoms with Crippen LogP contribution in [-0.2, 0) is 6.61 Å². The maximum atomic E-state index is 6.04. The second-order valence-corrected chi connectivity index (χ2v) is 5.53. The van der Waals surface area contributed by atoms with Gasteiger partial charge in [0.05, 0.1) is 16.6 Å². The summed E-state index contributed by atoms with van der Waals surface area (Å²) >= 11 is 15.3. The summed E-state index contributed by atoms with van der Waals surface area (Å²) in [5.74, 6) is 1.39. The van der Waals surface area contributed by atoms with Gasteiger partial charge in [0.2, 0.25) is 0 Å². The van der Waals surface area contributed by atoms with E-state index in [0.717, 1.165) is 15.8 Å². The molecule has 0 fully saturated rings. The van der Waals surface area contributed by atoms with Gasteiger partial charge in [-0.25, -0.2) is 0 Å².